The molecular weight excluding hydrogens is 398 g/mol. The molecule has 1 spiro atoms. The van der Waals surface area contributed by atoms with Crippen LogP contribution < -0.4 is 10.6 Å². The first-order chi connectivity index (χ1) is 15.0. The Morgan fingerprint density at radius 1 is 1.23 bits per heavy atom. The first-order valence-corrected chi connectivity index (χ1v) is 11.2. The lowest BCUT2D eigenvalue weighted by Gasteiger charge is -2.34. The van der Waals surface area contributed by atoms with E-state index in [1.165, 1.54) is 0 Å². The summed E-state index contributed by atoms with van der Waals surface area (Å²) in [5.74, 6) is -0.325. The summed E-state index contributed by atoms with van der Waals surface area (Å²) in [5.41, 5.74) is 1.78. The van der Waals surface area contributed by atoms with Crippen molar-refractivity contribution in [3.05, 3.63) is 16.8 Å². The van der Waals surface area contributed by atoms with Gasteiger partial charge in [0.25, 0.3) is 5.91 Å². The van der Waals surface area contributed by atoms with Gasteiger partial charge < -0.3 is 19.9 Å². The first-order valence-electron chi connectivity index (χ1n) is 11.2. The smallest absolute Gasteiger partial charge is 0.325 e. The largest absolute Gasteiger partial charge is 0.376 e. The molecule has 164 valence electrons. The normalized spacial score (nSPS) is 24.0. The van der Waals surface area contributed by atoms with Gasteiger partial charge in [-0.05, 0) is 63.4 Å². The second kappa shape index (κ2) is 7.68. The summed E-state index contributed by atoms with van der Waals surface area (Å²) in [7, 11) is 0. The fourth-order valence-corrected chi connectivity index (χ4v) is 5.32. The molecule has 0 radical (unpaired) electrons. The van der Waals surface area contributed by atoms with Crippen molar-refractivity contribution in [3.8, 4) is 6.07 Å². The van der Waals surface area contributed by atoms with E-state index in [2.05, 4.69) is 16.7 Å². The van der Waals surface area contributed by atoms with Crippen molar-refractivity contribution in [3.63, 3.8) is 0 Å². The molecule has 2 aliphatic heterocycles. The third-order valence-corrected chi connectivity index (χ3v) is 7.11. The molecule has 1 unspecified atom stereocenters. The van der Waals surface area contributed by atoms with Crippen LogP contribution in [0.15, 0.2) is 0 Å². The maximum absolute atomic E-state index is 12.9. The van der Waals surface area contributed by atoms with Crippen molar-refractivity contribution in [1.82, 2.24) is 14.8 Å². The molecule has 5 rings (SSSR count). The van der Waals surface area contributed by atoms with Crippen LogP contribution in [0, 0.1) is 11.3 Å². The minimum atomic E-state index is -0.811. The molecule has 9 nitrogen and oxygen atoms in total. The van der Waals surface area contributed by atoms with Crippen LogP contribution in [-0.2, 0) is 33.7 Å². The van der Waals surface area contributed by atoms with Gasteiger partial charge in [0.2, 0.25) is 5.91 Å². The van der Waals surface area contributed by atoms with E-state index in [1.807, 2.05) is 4.57 Å². The minimum absolute atomic E-state index is 0.0602. The highest BCUT2D eigenvalue weighted by Crippen LogP contribution is 2.37. The lowest BCUT2D eigenvalue weighted by molar-refractivity contribution is -0.136. The molecule has 3 heterocycles. The highest BCUT2D eigenvalue weighted by Gasteiger charge is 2.55. The number of nitrogens with one attached hydrogen (secondary N) is 2. The summed E-state index contributed by atoms with van der Waals surface area (Å²) in [6.45, 7) is 0.966. The van der Waals surface area contributed by atoms with E-state index in [1.54, 1.807) is 0 Å². The van der Waals surface area contributed by atoms with Gasteiger partial charge in [-0.1, -0.05) is 0 Å². The summed E-state index contributed by atoms with van der Waals surface area (Å²) >= 11 is 0. The number of anilines is 1. The third kappa shape index (κ3) is 3.30. The lowest BCUT2D eigenvalue weighted by atomic mass is 9.77. The van der Waals surface area contributed by atoms with Crippen molar-refractivity contribution in [2.45, 2.75) is 76.0 Å². The number of imide groups is 1. The van der Waals surface area contributed by atoms with Crippen molar-refractivity contribution in [1.29, 1.82) is 5.26 Å². The van der Waals surface area contributed by atoms with Crippen LogP contribution in [0.5, 0.6) is 0 Å². The second-order valence-electron chi connectivity index (χ2n) is 9.02. The van der Waals surface area contributed by atoms with Crippen molar-refractivity contribution in [2.75, 3.05) is 18.5 Å². The zero-order valence-corrected chi connectivity index (χ0v) is 17.5. The monoisotopic (exact) mass is 425 g/mol. The van der Waals surface area contributed by atoms with Crippen LogP contribution in [0.1, 0.15) is 61.8 Å². The Bertz CT molecular complexity index is 981. The van der Waals surface area contributed by atoms with E-state index in [-0.39, 0.29) is 18.6 Å². The number of carbonyl (C=O) groups is 3. The maximum Gasteiger partial charge on any atom is 0.325 e. The highest BCUT2D eigenvalue weighted by molar-refractivity contribution is 6.10. The molecular formula is C22H27N5O4. The number of ether oxygens (including phenoxy) is 1. The number of amides is 4. The van der Waals surface area contributed by atoms with Crippen molar-refractivity contribution >= 4 is 23.7 Å². The second-order valence-corrected chi connectivity index (χ2v) is 9.02. The number of carbonyl (C=O) groups excluding carboxylic acids is 3. The number of aromatic nitrogens is 1. The van der Waals surface area contributed by atoms with E-state index in [4.69, 9.17) is 4.74 Å². The maximum atomic E-state index is 12.9. The summed E-state index contributed by atoms with van der Waals surface area (Å²) in [4.78, 5) is 38.9. The average molecular weight is 425 g/mol. The van der Waals surface area contributed by atoms with E-state index >= 15 is 0 Å². The van der Waals surface area contributed by atoms with Gasteiger partial charge in [-0.25, -0.2) is 4.79 Å². The molecule has 1 saturated carbocycles. The summed E-state index contributed by atoms with van der Waals surface area (Å²) in [6, 6.07) is 1.76. The predicted octanol–water partition coefficient (Wildman–Crippen LogP) is 1.83. The molecule has 2 saturated heterocycles. The minimum Gasteiger partial charge on any atom is -0.376 e. The van der Waals surface area contributed by atoms with E-state index < -0.39 is 17.5 Å². The summed E-state index contributed by atoms with van der Waals surface area (Å²) < 4.78 is 7.83. The van der Waals surface area contributed by atoms with Crippen molar-refractivity contribution in [2.24, 2.45) is 0 Å². The Morgan fingerprint density at radius 3 is 2.68 bits per heavy atom. The van der Waals surface area contributed by atoms with Gasteiger partial charge in [0.15, 0.2) is 0 Å². The van der Waals surface area contributed by atoms with Crippen LogP contribution in [0.3, 0.4) is 0 Å². The Hall–Kier alpha value is -2.86. The number of urea groups is 1. The highest BCUT2D eigenvalue weighted by atomic mass is 16.5. The topological polar surface area (TPSA) is 116 Å². The van der Waals surface area contributed by atoms with E-state index in [0.29, 0.717) is 30.8 Å². The predicted molar refractivity (Wildman–Crippen MR) is 110 cm³/mol. The fraction of sp³-hybridized carbons (Fsp3) is 0.636. The van der Waals surface area contributed by atoms with Gasteiger partial charge in [-0.3, -0.25) is 14.5 Å². The molecule has 0 bridgehead atoms. The number of hydrogen-bond donors (Lipinski definition) is 2. The Balaban J connectivity index is 1.39. The molecule has 3 fully saturated rings. The van der Waals surface area contributed by atoms with Gasteiger partial charge in [-0.15, -0.1) is 0 Å². The third-order valence-electron chi connectivity index (χ3n) is 7.11. The number of nitriles is 1. The molecule has 2 N–H and O–H groups in total. The first kappa shape index (κ1) is 20.1. The molecule has 4 aliphatic rings. The summed E-state index contributed by atoms with van der Waals surface area (Å²) in [6.07, 6.45) is 7.88. The van der Waals surface area contributed by atoms with E-state index in [0.717, 1.165) is 67.7 Å². The zero-order chi connectivity index (χ0) is 21.6. The fourth-order valence-electron chi connectivity index (χ4n) is 5.32. The van der Waals surface area contributed by atoms with Gasteiger partial charge in [-0.2, -0.15) is 5.26 Å². The quantitative estimate of drug-likeness (QED) is 0.698. The Labute approximate surface area is 180 Å². The molecule has 1 aromatic rings. The molecule has 1 atom stereocenters. The van der Waals surface area contributed by atoms with Crippen LogP contribution in [0.2, 0.25) is 0 Å². The molecule has 4 amide bonds. The van der Waals surface area contributed by atoms with Gasteiger partial charge in [0.05, 0.1) is 18.2 Å². The number of fused-ring (bicyclic) bond motifs is 1. The number of nitrogens with zero attached hydrogens (tertiary/aromatic N) is 3. The molecule has 1 aromatic heterocycles. The number of rotatable bonds is 5. The van der Waals surface area contributed by atoms with Crippen LogP contribution in [0.4, 0.5) is 10.6 Å². The van der Waals surface area contributed by atoms with Crippen molar-refractivity contribution < 1.29 is 19.1 Å². The molecule has 31 heavy (non-hydrogen) atoms. The molecule has 2 aliphatic carbocycles. The van der Waals surface area contributed by atoms with Crippen LogP contribution in [-0.4, -0.2) is 52.1 Å². The van der Waals surface area contributed by atoms with Gasteiger partial charge in [0.1, 0.15) is 24.0 Å². The zero-order valence-electron chi connectivity index (χ0n) is 17.5. The molecule has 9 heteroatoms. The Kier molecular flexibility index (Phi) is 4.97. The van der Waals surface area contributed by atoms with E-state index in [9.17, 15) is 19.6 Å². The molecule has 0 aromatic carbocycles. The average Bonchev–Trinajstić information content (AvgIpc) is 3.41. The SMILES string of the molecule is N#Cc1c2c(n(CC3CCCO3)c1NC(=O)CN1C(=O)NC3(CCC3)C1=O)CCCC2. The van der Waals surface area contributed by atoms with Crippen LogP contribution >= 0.6 is 0 Å². The van der Waals surface area contributed by atoms with Gasteiger partial charge >= 0.3 is 6.03 Å². The van der Waals surface area contributed by atoms with Gasteiger partial charge in [0, 0.05) is 12.3 Å². The summed E-state index contributed by atoms with van der Waals surface area (Å²) in [5, 5.41) is 15.5. The number of hydrogen-bond acceptors (Lipinski definition) is 5. The Morgan fingerprint density at radius 2 is 2.03 bits per heavy atom. The van der Waals surface area contributed by atoms with Crippen LogP contribution in [0.25, 0.3) is 0 Å². The standard InChI is InChI=1S/C22H27N5O4/c23-11-16-15-6-1-2-7-17(15)26(12-14-5-3-10-31-14)19(16)24-18(28)13-27-20(29)22(8-4-9-22)25-21(27)30/h14H,1-10,12-13H2,(H,24,28)(H,25,30). The lowest BCUT2D eigenvalue weighted by Crippen LogP contribution is -2.52.